The minimum atomic E-state index is -0.389. The molecular formula is C38H51N9O7. The Labute approximate surface area is 315 Å². The third kappa shape index (κ3) is 14.1. The van der Waals surface area contributed by atoms with E-state index in [0.717, 1.165) is 11.1 Å². The van der Waals surface area contributed by atoms with Gasteiger partial charge in [0, 0.05) is 49.5 Å². The summed E-state index contributed by atoms with van der Waals surface area (Å²) in [6, 6.07) is 24.2. The first kappa shape index (κ1) is 40.2. The highest BCUT2D eigenvalue weighted by Crippen LogP contribution is 2.35. The van der Waals surface area contributed by atoms with E-state index in [0.29, 0.717) is 128 Å². The van der Waals surface area contributed by atoms with Crippen molar-refractivity contribution in [3.05, 3.63) is 95.6 Å². The Bertz CT molecular complexity index is 1660. The number of aromatic hydroxyl groups is 1. The number of nitrogens with two attached hydrogens (primary N) is 1. The summed E-state index contributed by atoms with van der Waals surface area (Å²) in [7, 11) is 0. The van der Waals surface area contributed by atoms with E-state index < -0.39 is 0 Å². The first-order chi connectivity index (χ1) is 26.5. The first-order valence-corrected chi connectivity index (χ1v) is 18.2. The summed E-state index contributed by atoms with van der Waals surface area (Å²) in [4.78, 5) is 26.2. The summed E-state index contributed by atoms with van der Waals surface area (Å²) in [5.74, 6) is 1.08. The van der Waals surface area contributed by atoms with Gasteiger partial charge in [0.05, 0.1) is 59.5 Å². The van der Waals surface area contributed by atoms with Gasteiger partial charge < -0.3 is 55.8 Å². The maximum Gasteiger partial charge on any atom is 0.251 e. The number of rotatable bonds is 27. The number of phenols is 1. The number of epoxide rings is 1. The lowest BCUT2D eigenvalue weighted by atomic mass is 10.1. The van der Waals surface area contributed by atoms with Crippen molar-refractivity contribution in [2.45, 2.75) is 12.1 Å². The van der Waals surface area contributed by atoms with Gasteiger partial charge >= 0.3 is 0 Å². The van der Waals surface area contributed by atoms with Crippen LogP contribution >= 0.6 is 0 Å². The molecule has 1 saturated heterocycles. The molecule has 1 fully saturated rings. The van der Waals surface area contributed by atoms with Crippen LogP contribution in [0.2, 0.25) is 0 Å². The van der Waals surface area contributed by atoms with E-state index in [4.69, 9.17) is 29.4 Å². The molecule has 1 atom stereocenters. The lowest BCUT2D eigenvalue weighted by molar-refractivity contribution is 0.0501. The van der Waals surface area contributed by atoms with Gasteiger partial charge in [-0.3, -0.25) is 10.1 Å². The molecule has 16 heteroatoms. The number of aromatic nitrogens is 3. The SMILES string of the molecule is NCCOCCOCCNC(=O)c1ccc(Nc2nc(NCCOCCOCCNC3(c4ccccc4)CO3)nc(NCCc3ccc(O)cc3)n2)cc1. The Morgan fingerprint density at radius 1 is 0.704 bits per heavy atom. The van der Waals surface area contributed by atoms with E-state index in [1.165, 1.54) is 0 Å². The Morgan fingerprint density at radius 3 is 1.94 bits per heavy atom. The fourth-order valence-corrected chi connectivity index (χ4v) is 5.18. The number of nitrogens with one attached hydrogen (secondary N) is 5. The summed E-state index contributed by atoms with van der Waals surface area (Å²) < 4.78 is 27.9. The molecule has 3 aromatic carbocycles. The molecule has 0 saturated carbocycles. The number of benzene rings is 3. The lowest BCUT2D eigenvalue weighted by Crippen LogP contribution is -2.33. The number of ether oxygens (including phenoxy) is 5. The van der Waals surface area contributed by atoms with Crippen molar-refractivity contribution in [3.63, 3.8) is 0 Å². The van der Waals surface area contributed by atoms with Crippen LogP contribution in [-0.2, 0) is 35.8 Å². The summed E-state index contributed by atoms with van der Waals surface area (Å²) in [6.07, 6.45) is 0.698. The number of carbonyl (C=O) groups excluding carboxylic acids is 1. The highest BCUT2D eigenvalue weighted by Gasteiger charge is 2.45. The molecule has 4 aromatic rings. The Balaban J connectivity index is 1.04. The number of hydrogen-bond acceptors (Lipinski definition) is 15. The lowest BCUT2D eigenvalue weighted by Gasteiger charge is -2.14. The molecule has 54 heavy (non-hydrogen) atoms. The predicted octanol–water partition coefficient (Wildman–Crippen LogP) is 2.62. The molecule has 8 N–H and O–H groups in total. The van der Waals surface area contributed by atoms with Gasteiger partial charge in [-0.25, -0.2) is 0 Å². The molecule has 1 unspecified atom stereocenters. The van der Waals surface area contributed by atoms with Crippen LogP contribution in [0.25, 0.3) is 0 Å². The number of hydrogen-bond donors (Lipinski definition) is 7. The van der Waals surface area contributed by atoms with Crippen LogP contribution in [0.5, 0.6) is 5.75 Å². The number of amides is 1. The van der Waals surface area contributed by atoms with Crippen molar-refractivity contribution < 1.29 is 33.6 Å². The molecule has 1 amide bonds. The first-order valence-electron chi connectivity index (χ1n) is 18.2. The molecule has 16 nitrogen and oxygen atoms in total. The van der Waals surface area contributed by atoms with Gasteiger partial charge in [-0.05, 0) is 48.4 Å². The Kier molecular flexibility index (Phi) is 16.6. The van der Waals surface area contributed by atoms with E-state index in [2.05, 4.69) is 53.7 Å². The Morgan fingerprint density at radius 2 is 1.30 bits per heavy atom. The average Bonchev–Trinajstić information content (AvgIpc) is 3.99. The van der Waals surface area contributed by atoms with Crippen LogP contribution in [0.1, 0.15) is 21.5 Å². The van der Waals surface area contributed by atoms with E-state index in [1.807, 2.05) is 30.3 Å². The van der Waals surface area contributed by atoms with Crippen LogP contribution < -0.4 is 32.3 Å². The molecule has 0 bridgehead atoms. The Hall–Kier alpha value is -4.94. The fourth-order valence-electron chi connectivity index (χ4n) is 5.18. The van der Waals surface area contributed by atoms with Gasteiger partial charge in [0.15, 0.2) is 5.72 Å². The molecule has 1 aromatic heterocycles. The second-order valence-corrected chi connectivity index (χ2v) is 12.2. The third-order valence-electron chi connectivity index (χ3n) is 8.07. The summed E-state index contributed by atoms with van der Waals surface area (Å²) in [5, 5.41) is 25.5. The molecule has 0 spiro atoms. The molecule has 0 radical (unpaired) electrons. The van der Waals surface area contributed by atoms with E-state index >= 15 is 0 Å². The van der Waals surface area contributed by atoms with Gasteiger partial charge in [0.25, 0.3) is 5.91 Å². The fraction of sp³-hybridized carbons (Fsp3) is 0.421. The smallest absolute Gasteiger partial charge is 0.251 e. The highest BCUT2D eigenvalue weighted by atomic mass is 16.6. The zero-order valence-corrected chi connectivity index (χ0v) is 30.4. The minimum absolute atomic E-state index is 0.206. The largest absolute Gasteiger partial charge is 0.508 e. The van der Waals surface area contributed by atoms with E-state index in [1.54, 1.807) is 36.4 Å². The van der Waals surface area contributed by atoms with Gasteiger partial charge in [0.1, 0.15) is 5.75 Å². The van der Waals surface area contributed by atoms with Crippen LogP contribution in [-0.4, -0.2) is 118 Å². The summed E-state index contributed by atoms with van der Waals surface area (Å²) in [5.41, 5.74) is 8.37. The van der Waals surface area contributed by atoms with Crippen LogP contribution in [0.4, 0.5) is 23.5 Å². The van der Waals surface area contributed by atoms with Gasteiger partial charge in [-0.1, -0.05) is 42.5 Å². The zero-order valence-electron chi connectivity index (χ0n) is 30.4. The van der Waals surface area contributed by atoms with Gasteiger partial charge in [-0.15, -0.1) is 0 Å². The number of anilines is 4. The third-order valence-corrected chi connectivity index (χ3v) is 8.07. The summed E-state index contributed by atoms with van der Waals surface area (Å²) in [6.45, 7) is 6.85. The average molecular weight is 746 g/mol. The van der Waals surface area contributed by atoms with Crippen molar-refractivity contribution in [2.24, 2.45) is 5.73 Å². The molecule has 1 aliphatic heterocycles. The van der Waals surface area contributed by atoms with Crippen molar-refractivity contribution in [2.75, 3.05) is 108 Å². The maximum atomic E-state index is 12.6. The molecule has 1 aliphatic rings. The molecule has 2 heterocycles. The quantitative estimate of drug-likeness (QED) is 0.0346. The second-order valence-electron chi connectivity index (χ2n) is 12.2. The second kappa shape index (κ2) is 22.3. The van der Waals surface area contributed by atoms with E-state index in [9.17, 15) is 9.90 Å². The van der Waals surface area contributed by atoms with Crippen molar-refractivity contribution >= 4 is 29.4 Å². The molecule has 0 aliphatic carbocycles. The number of carbonyl (C=O) groups is 1. The van der Waals surface area contributed by atoms with Crippen molar-refractivity contribution in [3.8, 4) is 5.75 Å². The van der Waals surface area contributed by atoms with Crippen LogP contribution in [0.3, 0.4) is 0 Å². The monoisotopic (exact) mass is 745 g/mol. The van der Waals surface area contributed by atoms with Gasteiger partial charge in [-0.2, -0.15) is 15.0 Å². The number of nitrogens with zero attached hydrogens (tertiary/aromatic N) is 3. The standard InChI is InChI=1S/C38H51N9O7/c39-15-20-50-24-25-51-21-17-40-34(49)30-8-10-32(11-9-30)44-37-46-35(41-16-14-29-6-12-33(48)13-7-29)45-36(47-37)42-18-22-52-26-27-53-23-19-43-38(28-54-38)31-4-2-1-3-5-31/h1-13,43,48H,14-28,39H2,(H,40,49)(H3,41,42,44,45,46,47). The molecule has 290 valence electrons. The van der Waals surface area contributed by atoms with Crippen molar-refractivity contribution in [1.29, 1.82) is 0 Å². The van der Waals surface area contributed by atoms with Gasteiger partial charge in [0.2, 0.25) is 17.8 Å². The zero-order chi connectivity index (χ0) is 37.7. The highest BCUT2D eigenvalue weighted by molar-refractivity contribution is 5.94. The normalized spacial score (nSPS) is 14.8. The van der Waals surface area contributed by atoms with Crippen LogP contribution in [0, 0.1) is 0 Å². The van der Waals surface area contributed by atoms with E-state index in [-0.39, 0.29) is 17.4 Å². The predicted molar refractivity (Wildman–Crippen MR) is 205 cm³/mol. The molecular weight excluding hydrogens is 694 g/mol. The minimum Gasteiger partial charge on any atom is -0.508 e. The summed E-state index contributed by atoms with van der Waals surface area (Å²) >= 11 is 0. The van der Waals surface area contributed by atoms with Crippen LogP contribution in [0.15, 0.2) is 78.9 Å². The molecule has 5 rings (SSSR count). The van der Waals surface area contributed by atoms with Crippen molar-refractivity contribution in [1.82, 2.24) is 25.6 Å². The number of phenolic OH excluding ortho intramolecular Hbond substituents is 1. The topological polar surface area (TPSA) is 212 Å². The maximum absolute atomic E-state index is 12.6.